The normalized spacial score (nSPS) is 18.6. The summed E-state index contributed by atoms with van der Waals surface area (Å²) in [4.78, 5) is 15.7. The van der Waals surface area contributed by atoms with Crippen LogP contribution >= 0.6 is 11.3 Å². The second-order valence-electron chi connectivity index (χ2n) is 5.67. The summed E-state index contributed by atoms with van der Waals surface area (Å²) in [5, 5.41) is 9.36. The van der Waals surface area contributed by atoms with Crippen molar-refractivity contribution >= 4 is 17.2 Å². The molecular formula is C16H22N4OS. The molecule has 118 valence electrons. The number of aromatic nitrogens is 2. The number of amides is 1. The third kappa shape index (κ3) is 4.18. The molecule has 2 aromatic heterocycles. The molecule has 0 bridgehead atoms. The third-order valence-corrected chi connectivity index (χ3v) is 5.01. The van der Waals surface area contributed by atoms with Crippen molar-refractivity contribution in [2.75, 3.05) is 19.6 Å². The minimum absolute atomic E-state index is 0.129. The fourth-order valence-corrected chi connectivity index (χ4v) is 3.66. The van der Waals surface area contributed by atoms with Gasteiger partial charge in [0.25, 0.3) is 0 Å². The van der Waals surface area contributed by atoms with E-state index in [-0.39, 0.29) is 5.91 Å². The zero-order chi connectivity index (χ0) is 15.2. The van der Waals surface area contributed by atoms with Gasteiger partial charge in [0.2, 0.25) is 5.91 Å². The van der Waals surface area contributed by atoms with Gasteiger partial charge < -0.3 is 5.32 Å². The summed E-state index contributed by atoms with van der Waals surface area (Å²) in [6, 6.07) is 6.52. The van der Waals surface area contributed by atoms with Gasteiger partial charge in [-0.1, -0.05) is 6.07 Å². The highest BCUT2D eigenvalue weighted by atomic mass is 32.1. The van der Waals surface area contributed by atoms with Gasteiger partial charge in [0.15, 0.2) is 0 Å². The Morgan fingerprint density at radius 2 is 2.41 bits per heavy atom. The van der Waals surface area contributed by atoms with Crippen molar-refractivity contribution in [3.8, 4) is 0 Å². The average Bonchev–Trinajstić information content (AvgIpc) is 3.23. The lowest BCUT2D eigenvalue weighted by molar-refractivity contribution is -0.122. The first-order valence-electron chi connectivity index (χ1n) is 7.82. The van der Waals surface area contributed by atoms with Crippen molar-refractivity contribution in [2.45, 2.75) is 31.8 Å². The molecule has 3 heterocycles. The van der Waals surface area contributed by atoms with Crippen LogP contribution in [0.4, 0.5) is 0 Å². The van der Waals surface area contributed by atoms with E-state index in [9.17, 15) is 4.79 Å². The Morgan fingerprint density at radius 1 is 1.45 bits per heavy atom. The van der Waals surface area contributed by atoms with Gasteiger partial charge in [0.1, 0.15) is 0 Å². The summed E-state index contributed by atoms with van der Waals surface area (Å²) in [6.07, 6.45) is 7.01. The van der Waals surface area contributed by atoms with Gasteiger partial charge in [-0.25, -0.2) is 0 Å². The van der Waals surface area contributed by atoms with E-state index in [0.717, 1.165) is 38.9 Å². The number of carbonyl (C=O) groups is 1. The molecule has 1 aliphatic heterocycles. The van der Waals surface area contributed by atoms with Crippen molar-refractivity contribution < 1.29 is 4.79 Å². The van der Waals surface area contributed by atoms with Crippen LogP contribution in [0.2, 0.25) is 0 Å². The topological polar surface area (TPSA) is 50.2 Å². The van der Waals surface area contributed by atoms with Gasteiger partial charge in [-0.15, -0.1) is 11.3 Å². The van der Waals surface area contributed by atoms with E-state index in [1.807, 2.05) is 23.0 Å². The van der Waals surface area contributed by atoms with E-state index in [1.165, 1.54) is 4.88 Å². The van der Waals surface area contributed by atoms with E-state index in [1.54, 1.807) is 17.5 Å². The number of rotatable bonds is 7. The molecule has 0 saturated carbocycles. The molecule has 2 aromatic rings. The number of hydrogen-bond donors (Lipinski definition) is 1. The fraction of sp³-hybridized carbons (Fsp3) is 0.500. The molecule has 5 nitrogen and oxygen atoms in total. The van der Waals surface area contributed by atoms with Crippen LogP contribution in [0.1, 0.15) is 17.7 Å². The first-order chi connectivity index (χ1) is 10.8. The first-order valence-corrected chi connectivity index (χ1v) is 8.70. The van der Waals surface area contributed by atoms with Crippen LogP contribution in [0.25, 0.3) is 0 Å². The van der Waals surface area contributed by atoms with Crippen LogP contribution in [-0.2, 0) is 17.8 Å². The van der Waals surface area contributed by atoms with Crippen LogP contribution in [0.3, 0.4) is 0 Å². The van der Waals surface area contributed by atoms with Gasteiger partial charge in [-0.05, 0) is 43.3 Å². The second kappa shape index (κ2) is 7.56. The number of hydrogen-bond acceptors (Lipinski definition) is 4. The smallest absolute Gasteiger partial charge is 0.234 e. The van der Waals surface area contributed by atoms with Crippen LogP contribution in [0, 0.1) is 0 Å². The summed E-state index contributed by atoms with van der Waals surface area (Å²) in [5.41, 5.74) is 0. The number of thiophene rings is 1. The Balaban J connectivity index is 1.41. The van der Waals surface area contributed by atoms with Gasteiger partial charge >= 0.3 is 0 Å². The highest BCUT2D eigenvalue weighted by molar-refractivity contribution is 7.09. The molecule has 1 fully saturated rings. The highest BCUT2D eigenvalue weighted by Gasteiger charge is 2.26. The molecule has 1 amide bonds. The molecule has 1 atom stereocenters. The molecule has 3 rings (SSSR count). The van der Waals surface area contributed by atoms with Crippen LogP contribution in [0.5, 0.6) is 0 Å². The standard InChI is InChI=1S/C16H22N4OS/c21-16(17-8-6-15-5-2-11-22-15)13-19-9-1-4-14(19)12-20-10-3-7-18-20/h2-3,5,7,10-11,14H,1,4,6,8-9,12-13H2,(H,17,21)/t14-/m1/s1. The van der Waals surface area contributed by atoms with Crippen molar-refractivity contribution in [2.24, 2.45) is 0 Å². The molecule has 1 N–H and O–H groups in total. The summed E-state index contributed by atoms with van der Waals surface area (Å²) in [7, 11) is 0. The van der Waals surface area contributed by atoms with Crippen molar-refractivity contribution in [1.82, 2.24) is 20.0 Å². The maximum Gasteiger partial charge on any atom is 0.234 e. The lowest BCUT2D eigenvalue weighted by Crippen LogP contribution is -2.41. The van der Waals surface area contributed by atoms with E-state index in [0.29, 0.717) is 12.6 Å². The predicted octanol–water partition coefficient (Wildman–Crippen LogP) is 1.77. The lowest BCUT2D eigenvalue weighted by Gasteiger charge is -2.23. The SMILES string of the molecule is O=C(CN1CCC[C@@H]1Cn1cccn1)NCCc1cccs1. The molecule has 0 aliphatic carbocycles. The van der Waals surface area contributed by atoms with Gasteiger partial charge in [0, 0.05) is 29.9 Å². The van der Waals surface area contributed by atoms with Gasteiger partial charge in [-0.3, -0.25) is 14.4 Å². The quantitative estimate of drug-likeness (QED) is 0.846. The Morgan fingerprint density at radius 3 is 3.18 bits per heavy atom. The minimum atomic E-state index is 0.129. The summed E-state index contributed by atoms with van der Waals surface area (Å²) >= 11 is 1.74. The predicted molar refractivity (Wildman–Crippen MR) is 87.9 cm³/mol. The Hall–Kier alpha value is -1.66. The monoisotopic (exact) mass is 318 g/mol. The molecule has 0 unspecified atom stereocenters. The van der Waals surface area contributed by atoms with Gasteiger partial charge in [-0.2, -0.15) is 5.10 Å². The van der Waals surface area contributed by atoms with Crippen LogP contribution < -0.4 is 5.32 Å². The van der Waals surface area contributed by atoms with Crippen molar-refractivity contribution in [3.05, 3.63) is 40.8 Å². The van der Waals surface area contributed by atoms with E-state index in [2.05, 4.69) is 26.8 Å². The van der Waals surface area contributed by atoms with E-state index < -0.39 is 0 Å². The molecule has 1 aliphatic rings. The molecule has 1 saturated heterocycles. The number of likely N-dealkylation sites (tertiary alicyclic amines) is 1. The highest BCUT2D eigenvalue weighted by Crippen LogP contribution is 2.18. The summed E-state index contributed by atoms with van der Waals surface area (Å²) < 4.78 is 1.96. The van der Waals surface area contributed by atoms with E-state index >= 15 is 0 Å². The van der Waals surface area contributed by atoms with Crippen molar-refractivity contribution in [3.63, 3.8) is 0 Å². The molecule has 0 aromatic carbocycles. The molecule has 6 heteroatoms. The maximum atomic E-state index is 12.1. The minimum Gasteiger partial charge on any atom is -0.355 e. The molecule has 0 radical (unpaired) electrons. The number of nitrogens with zero attached hydrogens (tertiary/aromatic N) is 3. The Kier molecular flexibility index (Phi) is 5.24. The number of nitrogens with one attached hydrogen (secondary N) is 1. The Labute approximate surface area is 134 Å². The zero-order valence-electron chi connectivity index (χ0n) is 12.6. The largest absolute Gasteiger partial charge is 0.355 e. The zero-order valence-corrected chi connectivity index (χ0v) is 13.5. The third-order valence-electron chi connectivity index (χ3n) is 4.08. The molecule has 0 spiro atoms. The molecular weight excluding hydrogens is 296 g/mol. The van der Waals surface area contributed by atoms with Crippen molar-refractivity contribution in [1.29, 1.82) is 0 Å². The average molecular weight is 318 g/mol. The first kappa shape index (κ1) is 15.2. The second-order valence-corrected chi connectivity index (χ2v) is 6.71. The Bertz CT molecular complexity index is 567. The summed E-state index contributed by atoms with van der Waals surface area (Å²) in [6.45, 7) is 3.09. The van der Waals surface area contributed by atoms with E-state index in [4.69, 9.17) is 0 Å². The summed E-state index contributed by atoms with van der Waals surface area (Å²) in [5.74, 6) is 0.129. The maximum absolute atomic E-state index is 12.1. The fourth-order valence-electron chi connectivity index (χ4n) is 2.95. The van der Waals surface area contributed by atoms with Crippen LogP contribution in [0.15, 0.2) is 36.0 Å². The van der Waals surface area contributed by atoms with Gasteiger partial charge in [0.05, 0.1) is 13.1 Å². The number of carbonyl (C=O) groups excluding carboxylic acids is 1. The lowest BCUT2D eigenvalue weighted by atomic mass is 10.2. The van der Waals surface area contributed by atoms with Crippen LogP contribution in [-0.4, -0.2) is 46.3 Å². The molecule has 22 heavy (non-hydrogen) atoms.